The highest BCUT2D eigenvalue weighted by atomic mass is 16.5. The van der Waals surface area contributed by atoms with Crippen molar-refractivity contribution in [2.45, 2.75) is 26.1 Å². The van der Waals surface area contributed by atoms with E-state index in [2.05, 4.69) is 89.7 Å². The second-order valence-corrected chi connectivity index (χ2v) is 7.62. The molecule has 5 heteroatoms. The summed E-state index contributed by atoms with van der Waals surface area (Å²) in [5.41, 5.74) is 5.13. The quantitative estimate of drug-likeness (QED) is 0.639. The minimum Gasteiger partial charge on any atom is -0.370 e. The van der Waals surface area contributed by atoms with Crippen LogP contribution in [0.15, 0.2) is 53.5 Å². The molecular weight excluding hydrogens is 348 g/mol. The molecule has 1 aliphatic heterocycles. The summed E-state index contributed by atoms with van der Waals surface area (Å²) in [5, 5.41) is 3.53. The Balaban J connectivity index is 1.63. The number of rotatable bonds is 5. The minimum atomic E-state index is 0.0805. The first-order valence-electron chi connectivity index (χ1n) is 9.92. The zero-order valence-electron chi connectivity index (χ0n) is 17.5. The maximum atomic E-state index is 6.06. The Morgan fingerprint density at radius 3 is 2.71 bits per heavy atom. The standard InChI is InChI=1S/C23H32N4O/c1-18-8-5-6-11-21(18)22-17-27(12-13-28-22)23(24-2)25-15-19-9-7-10-20(14-19)16-26(3)4/h5-11,14,22H,12-13,15-17H2,1-4H3,(H,24,25). The Morgan fingerprint density at radius 1 is 1.18 bits per heavy atom. The van der Waals surface area contributed by atoms with Crippen LogP contribution in [0, 0.1) is 6.92 Å². The van der Waals surface area contributed by atoms with Crippen molar-refractivity contribution in [1.82, 2.24) is 15.1 Å². The van der Waals surface area contributed by atoms with Crippen LogP contribution in [0.4, 0.5) is 0 Å². The molecule has 1 heterocycles. The highest BCUT2D eigenvalue weighted by Crippen LogP contribution is 2.25. The molecular formula is C23H32N4O. The van der Waals surface area contributed by atoms with E-state index in [-0.39, 0.29) is 6.10 Å². The number of nitrogens with zero attached hydrogens (tertiary/aromatic N) is 3. The van der Waals surface area contributed by atoms with Gasteiger partial charge in [-0.15, -0.1) is 0 Å². The molecule has 0 aromatic heterocycles. The molecule has 0 saturated carbocycles. The first-order chi connectivity index (χ1) is 13.6. The van der Waals surface area contributed by atoms with Crippen molar-refractivity contribution in [3.8, 4) is 0 Å². The minimum absolute atomic E-state index is 0.0805. The van der Waals surface area contributed by atoms with Crippen LogP contribution < -0.4 is 5.32 Å². The molecule has 3 rings (SSSR count). The van der Waals surface area contributed by atoms with E-state index in [1.54, 1.807) is 0 Å². The number of guanidine groups is 1. The van der Waals surface area contributed by atoms with Crippen molar-refractivity contribution < 1.29 is 4.74 Å². The van der Waals surface area contributed by atoms with Crippen LogP contribution in [0.2, 0.25) is 0 Å². The summed E-state index contributed by atoms with van der Waals surface area (Å²) in [4.78, 5) is 9.00. The highest BCUT2D eigenvalue weighted by Gasteiger charge is 2.25. The number of hydrogen-bond donors (Lipinski definition) is 1. The maximum absolute atomic E-state index is 6.06. The van der Waals surface area contributed by atoms with E-state index in [1.165, 1.54) is 22.3 Å². The SMILES string of the molecule is CN=C(NCc1cccc(CN(C)C)c1)N1CCOC(c2ccccc2C)C1. The Bertz CT molecular complexity index is 803. The summed E-state index contributed by atoms with van der Waals surface area (Å²) in [6.45, 7) is 6.22. The summed E-state index contributed by atoms with van der Waals surface area (Å²) < 4.78 is 6.06. The Hall–Kier alpha value is -2.37. The van der Waals surface area contributed by atoms with Crippen molar-refractivity contribution in [3.63, 3.8) is 0 Å². The Kier molecular flexibility index (Phi) is 7.06. The smallest absolute Gasteiger partial charge is 0.194 e. The molecule has 28 heavy (non-hydrogen) atoms. The van der Waals surface area contributed by atoms with E-state index >= 15 is 0 Å². The largest absolute Gasteiger partial charge is 0.370 e. The summed E-state index contributed by atoms with van der Waals surface area (Å²) in [6.07, 6.45) is 0.0805. The number of hydrogen-bond acceptors (Lipinski definition) is 3. The Labute approximate surface area is 169 Å². The number of benzene rings is 2. The number of aliphatic imine (C=N–C) groups is 1. The molecule has 0 amide bonds. The zero-order valence-corrected chi connectivity index (χ0v) is 17.5. The van der Waals surface area contributed by atoms with Gasteiger partial charge >= 0.3 is 0 Å². The van der Waals surface area contributed by atoms with Gasteiger partial charge in [-0.1, -0.05) is 48.5 Å². The van der Waals surface area contributed by atoms with E-state index in [0.717, 1.165) is 32.1 Å². The van der Waals surface area contributed by atoms with E-state index < -0.39 is 0 Å². The number of morpholine rings is 1. The van der Waals surface area contributed by atoms with Crippen molar-refractivity contribution >= 4 is 5.96 Å². The highest BCUT2D eigenvalue weighted by molar-refractivity contribution is 5.80. The predicted octanol–water partition coefficient (Wildman–Crippen LogP) is 3.21. The molecule has 0 radical (unpaired) electrons. The molecule has 150 valence electrons. The molecule has 0 aliphatic carbocycles. The lowest BCUT2D eigenvalue weighted by molar-refractivity contribution is -0.00833. The first-order valence-corrected chi connectivity index (χ1v) is 9.92. The second-order valence-electron chi connectivity index (χ2n) is 7.62. The fourth-order valence-corrected chi connectivity index (χ4v) is 3.69. The van der Waals surface area contributed by atoms with Gasteiger partial charge in [0.05, 0.1) is 13.2 Å². The third-order valence-corrected chi connectivity index (χ3v) is 5.05. The van der Waals surface area contributed by atoms with Gasteiger partial charge in [-0.3, -0.25) is 4.99 Å². The average Bonchev–Trinajstić information content (AvgIpc) is 2.69. The summed E-state index contributed by atoms with van der Waals surface area (Å²) in [7, 11) is 6.04. The van der Waals surface area contributed by atoms with Gasteiger partial charge in [0.25, 0.3) is 0 Å². The molecule has 1 unspecified atom stereocenters. The van der Waals surface area contributed by atoms with Gasteiger partial charge in [-0.25, -0.2) is 0 Å². The van der Waals surface area contributed by atoms with Gasteiger partial charge in [0, 0.05) is 26.7 Å². The summed E-state index contributed by atoms with van der Waals surface area (Å²) in [5.74, 6) is 0.930. The van der Waals surface area contributed by atoms with Crippen LogP contribution in [0.1, 0.15) is 28.4 Å². The maximum Gasteiger partial charge on any atom is 0.194 e. The molecule has 1 atom stereocenters. The van der Waals surface area contributed by atoms with E-state index in [9.17, 15) is 0 Å². The van der Waals surface area contributed by atoms with E-state index in [4.69, 9.17) is 4.74 Å². The lowest BCUT2D eigenvalue weighted by Crippen LogP contribution is -2.48. The molecule has 0 spiro atoms. The number of aryl methyl sites for hydroxylation is 1. The average molecular weight is 381 g/mol. The van der Waals surface area contributed by atoms with Gasteiger partial charge in [0.1, 0.15) is 6.10 Å². The van der Waals surface area contributed by atoms with Crippen molar-refractivity contribution in [3.05, 3.63) is 70.8 Å². The van der Waals surface area contributed by atoms with Crippen LogP contribution in [-0.4, -0.2) is 56.6 Å². The van der Waals surface area contributed by atoms with Gasteiger partial charge in [-0.2, -0.15) is 0 Å². The Morgan fingerprint density at radius 2 is 1.96 bits per heavy atom. The second kappa shape index (κ2) is 9.71. The zero-order chi connectivity index (χ0) is 19.9. The lowest BCUT2D eigenvalue weighted by atomic mass is 10.0. The first kappa shape index (κ1) is 20.4. The summed E-state index contributed by atoms with van der Waals surface area (Å²) >= 11 is 0. The van der Waals surface area contributed by atoms with Gasteiger partial charge in [-0.05, 0) is 43.3 Å². The topological polar surface area (TPSA) is 40.1 Å². The molecule has 1 fully saturated rings. The molecule has 1 saturated heterocycles. The van der Waals surface area contributed by atoms with Crippen molar-refractivity contribution in [1.29, 1.82) is 0 Å². The van der Waals surface area contributed by atoms with Crippen molar-refractivity contribution in [2.24, 2.45) is 4.99 Å². The molecule has 1 N–H and O–H groups in total. The molecule has 2 aromatic carbocycles. The summed E-state index contributed by atoms with van der Waals surface area (Å²) in [6, 6.07) is 17.2. The lowest BCUT2D eigenvalue weighted by Gasteiger charge is -2.35. The van der Waals surface area contributed by atoms with E-state index in [0.29, 0.717) is 6.61 Å². The van der Waals surface area contributed by atoms with Crippen LogP contribution in [0.25, 0.3) is 0 Å². The van der Waals surface area contributed by atoms with Gasteiger partial charge < -0.3 is 19.9 Å². The monoisotopic (exact) mass is 380 g/mol. The van der Waals surface area contributed by atoms with Crippen molar-refractivity contribution in [2.75, 3.05) is 40.8 Å². The predicted molar refractivity (Wildman–Crippen MR) is 115 cm³/mol. The van der Waals surface area contributed by atoms with Crippen LogP contribution in [0.3, 0.4) is 0 Å². The van der Waals surface area contributed by atoms with Crippen LogP contribution in [0.5, 0.6) is 0 Å². The molecule has 2 aromatic rings. The third-order valence-electron chi connectivity index (χ3n) is 5.05. The fraction of sp³-hybridized carbons (Fsp3) is 0.435. The third kappa shape index (κ3) is 5.33. The number of nitrogens with one attached hydrogen (secondary N) is 1. The van der Waals surface area contributed by atoms with Gasteiger partial charge in [0.15, 0.2) is 5.96 Å². The fourth-order valence-electron chi connectivity index (χ4n) is 3.69. The number of ether oxygens (including phenoxy) is 1. The molecule has 1 aliphatic rings. The molecule has 0 bridgehead atoms. The van der Waals surface area contributed by atoms with Crippen LogP contribution >= 0.6 is 0 Å². The van der Waals surface area contributed by atoms with Gasteiger partial charge in [0.2, 0.25) is 0 Å². The van der Waals surface area contributed by atoms with E-state index in [1.807, 2.05) is 7.05 Å². The molecule has 5 nitrogen and oxygen atoms in total. The van der Waals surface area contributed by atoms with Crippen LogP contribution in [-0.2, 0) is 17.8 Å². The normalized spacial score (nSPS) is 17.8.